The Bertz CT molecular complexity index is 1140. The highest BCUT2D eigenvalue weighted by Crippen LogP contribution is 2.38. The van der Waals surface area contributed by atoms with Crippen molar-refractivity contribution in [3.8, 4) is 0 Å². The van der Waals surface area contributed by atoms with Gasteiger partial charge in [0.2, 0.25) is 0 Å². The number of hydrogen-bond donors (Lipinski definition) is 1. The van der Waals surface area contributed by atoms with Gasteiger partial charge in [0.25, 0.3) is 0 Å². The highest BCUT2D eigenvalue weighted by atomic mass is 16.2. The van der Waals surface area contributed by atoms with Crippen molar-refractivity contribution >= 4 is 28.8 Å². The van der Waals surface area contributed by atoms with E-state index in [1.807, 2.05) is 72.8 Å². The third kappa shape index (κ3) is 3.98. The van der Waals surface area contributed by atoms with Crippen molar-refractivity contribution in [1.29, 1.82) is 0 Å². The van der Waals surface area contributed by atoms with E-state index in [2.05, 4.69) is 6.07 Å². The molecule has 0 aromatic heterocycles. The van der Waals surface area contributed by atoms with Gasteiger partial charge in [-0.05, 0) is 42.7 Å². The van der Waals surface area contributed by atoms with Gasteiger partial charge in [-0.1, -0.05) is 73.9 Å². The van der Waals surface area contributed by atoms with Gasteiger partial charge in [-0.2, -0.15) is 5.10 Å². The summed E-state index contributed by atoms with van der Waals surface area (Å²) >= 11 is 0. The first kappa shape index (κ1) is 20.3. The van der Waals surface area contributed by atoms with Crippen LogP contribution < -0.4 is 10.6 Å². The van der Waals surface area contributed by atoms with Crippen molar-refractivity contribution in [2.45, 2.75) is 38.6 Å². The van der Waals surface area contributed by atoms with E-state index in [0.29, 0.717) is 18.2 Å². The predicted octanol–water partition coefficient (Wildman–Crippen LogP) is 6.33. The molecule has 3 aromatic rings. The number of fused-ring (bicyclic) bond motifs is 1. The average Bonchev–Trinajstić information content (AvgIpc) is 2.95. The van der Waals surface area contributed by atoms with Crippen LogP contribution in [-0.4, -0.2) is 16.8 Å². The number of carbonyl (C=O) groups excluding carboxylic acids is 1. The fourth-order valence-electron chi connectivity index (χ4n) is 4.78. The van der Waals surface area contributed by atoms with Crippen molar-refractivity contribution < 1.29 is 4.79 Å². The lowest BCUT2D eigenvalue weighted by molar-refractivity contribution is 0.207. The topological polar surface area (TPSA) is 61.9 Å². The second-order valence-electron chi connectivity index (χ2n) is 8.59. The van der Waals surface area contributed by atoms with Gasteiger partial charge < -0.3 is 5.73 Å². The summed E-state index contributed by atoms with van der Waals surface area (Å²) in [6.07, 6.45) is 5.90. The van der Waals surface area contributed by atoms with Crippen LogP contribution in [0.15, 0.2) is 84.0 Å². The maximum absolute atomic E-state index is 14.0. The highest BCUT2D eigenvalue weighted by Gasteiger charge is 2.34. The second kappa shape index (κ2) is 8.87. The van der Waals surface area contributed by atoms with Crippen LogP contribution in [0.25, 0.3) is 0 Å². The van der Waals surface area contributed by atoms with Crippen LogP contribution in [0.2, 0.25) is 0 Å². The molecular formula is C27H28N4O. The first-order chi connectivity index (χ1) is 15.7. The zero-order valence-corrected chi connectivity index (χ0v) is 18.2. The number of nitrogens with zero attached hydrogens (tertiary/aromatic N) is 3. The SMILES string of the molecule is Nc1cccc(N2C(=O)N(Cc3ccccc3)N=C(C3CCCCC3)c3ccccc32)c1. The van der Waals surface area contributed by atoms with Crippen LogP contribution in [0.4, 0.5) is 21.9 Å². The molecule has 0 atom stereocenters. The third-order valence-corrected chi connectivity index (χ3v) is 6.36. The number of rotatable bonds is 4. The zero-order valence-electron chi connectivity index (χ0n) is 18.2. The Kier molecular flexibility index (Phi) is 5.63. The molecule has 1 aliphatic heterocycles. The Morgan fingerprint density at radius 1 is 0.875 bits per heavy atom. The Morgan fingerprint density at radius 2 is 1.62 bits per heavy atom. The molecule has 0 saturated heterocycles. The number of para-hydroxylation sites is 1. The summed E-state index contributed by atoms with van der Waals surface area (Å²) in [5.41, 5.74) is 11.4. The Labute approximate surface area is 189 Å². The highest BCUT2D eigenvalue weighted by molar-refractivity contribution is 6.13. The molecule has 5 nitrogen and oxygen atoms in total. The molecule has 5 heteroatoms. The Morgan fingerprint density at radius 3 is 2.41 bits per heavy atom. The molecule has 0 radical (unpaired) electrons. The smallest absolute Gasteiger partial charge is 0.349 e. The maximum atomic E-state index is 14.0. The van der Waals surface area contributed by atoms with Gasteiger partial charge in [0.05, 0.1) is 23.6 Å². The van der Waals surface area contributed by atoms with E-state index in [1.54, 1.807) is 9.91 Å². The van der Waals surface area contributed by atoms with Crippen LogP contribution in [-0.2, 0) is 6.54 Å². The molecule has 1 heterocycles. The normalized spacial score (nSPS) is 17.0. The lowest BCUT2D eigenvalue weighted by atomic mass is 9.83. The molecule has 2 amide bonds. The van der Waals surface area contributed by atoms with E-state index in [4.69, 9.17) is 10.8 Å². The van der Waals surface area contributed by atoms with Gasteiger partial charge in [0.15, 0.2) is 0 Å². The van der Waals surface area contributed by atoms with Crippen LogP contribution in [0.3, 0.4) is 0 Å². The second-order valence-corrected chi connectivity index (χ2v) is 8.59. The number of nitrogens with two attached hydrogens (primary N) is 1. The fourth-order valence-corrected chi connectivity index (χ4v) is 4.78. The van der Waals surface area contributed by atoms with Crippen molar-refractivity contribution in [3.05, 3.63) is 90.0 Å². The lowest BCUT2D eigenvalue weighted by Crippen LogP contribution is -2.36. The van der Waals surface area contributed by atoms with E-state index >= 15 is 0 Å². The molecule has 162 valence electrons. The molecule has 1 saturated carbocycles. The first-order valence-electron chi connectivity index (χ1n) is 11.4. The first-order valence-corrected chi connectivity index (χ1v) is 11.4. The fraction of sp³-hybridized carbons (Fsp3) is 0.259. The van der Waals surface area contributed by atoms with Gasteiger partial charge in [-0.3, -0.25) is 4.90 Å². The van der Waals surface area contributed by atoms with Gasteiger partial charge in [-0.15, -0.1) is 0 Å². The van der Waals surface area contributed by atoms with Crippen LogP contribution in [0.5, 0.6) is 0 Å². The van der Waals surface area contributed by atoms with E-state index in [0.717, 1.165) is 41.1 Å². The quantitative estimate of drug-likeness (QED) is 0.498. The molecule has 2 N–H and O–H groups in total. The largest absolute Gasteiger partial charge is 0.399 e. The van der Waals surface area contributed by atoms with Crippen LogP contribution >= 0.6 is 0 Å². The number of hydrazone groups is 1. The molecule has 0 unspecified atom stereocenters. The summed E-state index contributed by atoms with van der Waals surface area (Å²) < 4.78 is 0. The van der Waals surface area contributed by atoms with Crippen molar-refractivity contribution in [1.82, 2.24) is 5.01 Å². The minimum absolute atomic E-state index is 0.169. The van der Waals surface area contributed by atoms with Crippen LogP contribution in [0, 0.1) is 5.92 Å². The number of hydrogen-bond acceptors (Lipinski definition) is 3. The van der Waals surface area contributed by atoms with Gasteiger partial charge >= 0.3 is 6.03 Å². The minimum atomic E-state index is -0.169. The molecule has 0 spiro atoms. The van der Waals surface area contributed by atoms with E-state index in [1.165, 1.54) is 19.3 Å². The van der Waals surface area contributed by atoms with Gasteiger partial charge in [0.1, 0.15) is 0 Å². The van der Waals surface area contributed by atoms with Crippen molar-refractivity contribution in [2.75, 3.05) is 10.6 Å². The average molecular weight is 425 g/mol. The Balaban J connectivity index is 1.66. The molecule has 32 heavy (non-hydrogen) atoms. The summed E-state index contributed by atoms with van der Waals surface area (Å²) in [6.45, 7) is 0.419. The molecular weight excluding hydrogens is 396 g/mol. The van der Waals surface area contributed by atoms with Crippen molar-refractivity contribution in [2.24, 2.45) is 11.0 Å². The van der Waals surface area contributed by atoms with Gasteiger partial charge in [0, 0.05) is 17.2 Å². The molecule has 0 bridgehead atoms. The van der Waals surface area contributed by atoms with E-state index < -0.39 is 0 Å². The molecule has 3 aromatic carbocycles. The summed E-state index contributed by atoms with van der Waals surface area (Å²) in [6, 6.07) is 25.5. The zero-order chi connectivity index (χ0) is 21.9. The Hall–Kier alpha value is -3.60. The van der Waals surface area contributed by atoms with Crippen LogP contribution in [0.1, 0.15) is 43.2 Å². The maximum Gasteiger partial charge on any atom is 0.349 e. The monoisotopic (exact) mass is 424 g/mol. The number of amides is 2. The number of nitrogen functional groups attached to an aromatic ring is 1. The third-order valence-electron chi connectivity index (χ3n) is 6.36. The molecule has 2 aliphatic rings. The standard InChI is InChI=1S/C27H28N4O/c28-22-14-9-15-23(18-22)31-25-17-8-7-16-24(25)26(21-12-5-2-6-13-21)29-30(27(31)32)19-20-10-3-1-4-11-20/h1,3-4,7-11,14-18,21H,2,5-6,12-13,19,28H2. The summed E-state index contributed by atoms with van der Waals surface area (Å²) in [5.74, 6) is 0.358. The predicted molar refractivity (Wildman–Crippen MR) is 130 cm³/mol. The lowest BCUT2D eigenvalue weighted by Gasteiger charge is -2.27. The number of anilines is 3. The van der Waals surface area contributed by atoms with Crippen molar-refractivity contribution in [3.63, 3.8) is 0 Å². The summed E-state index contributed by atoms with van der Waals surface area (Å²) in [4.78, 5) is 15.7. The molecule has 5 rings (SSSR count). The summed E-state index contributed by atoms with van der Waals surface area (Å²) in [7, 11) is 0. The number of urea groups is 1. The minimum Gasteiger partial charge on any atom is -0.399 e. The van der Waals surface area contributed by atoms with E-state index in [-0.39, 0.29) is 6.03 Å². The molecule has 1 aliphatic carbocycles. The number of carbonyl (C=O) groups is 1. The molecule has 1 fully saturated rings. The summed E-state index contributed by atoms with van der Waals surface area (Å²) in [5, 5.41) is 6.67. The van der Waals surface area contributed by atoms with E-state index in [9.17, 15) is 4.79 Å². The number of benzene rings is 3. The van der Waals surface area contributed by atoms with Gasteiger partial charge in [-0.25, -0.2) is 9.80 Å².